The Labute approximate surface area is 267 Å². The number of anilines is 2. The first kappa shape index (κ1) is 29.3. The lowest BCUT2D eigenvalue weighted by Gasteiger charge is -2.43. The molecule has 1 amide bonds. The van der Waals surface area contributed by atoms with Gasteiger partial charge in [-0.05, 0) is 94.5 Å². The zero-order valence-corrected chi connectivity index (χ0v) is 26.2. The third-order valence-electron chi connectivity index (χ3n) is 8.71. The number of benzene rings is 3. The number of carboxylic acids is 1. The average molecular weight is 614 g/mol. The summed E-state index contributed by atoms with van der Waals surface area (Å²) in [6.45, 7) is 7.38. The molecule has 5 aromatic rings. The molecule has 3 aromatic carbocycles. The van der Waals surface area contributed by atoms with Gasteiger partial charge < -0.3 is 20.5 Å². The van der Waals surface area contributed by atoms with Gasteiger partial charge in [0.15, 0.2) is 5.82 Å². The van der Waals surface area contributed by atoms with E-state index >= 15 is 0 Å². The van der Waals surface area contributed by atoms with Gasteiger partial charge in [0.2, 0.25) is 0 Å². The Morgan fingerprint density at radius 1 is 0.978 bits per heavy atom. The molecular formula is C37H35N5O4. The molecule has 3 N–H and O–H groups in total. The van der Waals surface area contributed by atoms with Crippen molar-refractivity contribution in [2.24, 2.45) is 0 Å². The second-order valence-corrected chi connectivity index (χ2v) is 13.0. The average Bonchev–Trinajstić information content (AvgIpc) is 3.32. The van der Waals surface area contributed by atoms with Crippen molar-refractivity contribution >= 4 is 23.6 Å². The van der Waals surface area contributed by atoms with Crippen LogP contribution in [0.5, 0.6) is 0 Å². The van der Waals surface area contributed by atoms with E-state index in [1.165, 1.54) is 0 Å². The van der Waals surface area contributed by atoms with Gasteiger partial charge in [0.1, 0.15) is 11.4 Å². The molecule has 2 aromatic heterocycles. The summed E-state index contributed by atoms with van der Waals surface area (Å²) in [7, 11) is 0. The van der Waals surface area contributed by atoms with Crippen molar-refractivity contribution in [2.45, 2.75) is 58.1 Å². The third kappa shape index (κ3) is 5.07. The van der Waals surface area contributed by atoms with Crippen LogP contribution in [0.4, 0.5) is 16.3 Å². The fraction of sp³-hybridized carbons (Fsp3) is 0.243. The lowest BCUT2D eigenvalue weighted by Crippen LogP contribution is -2.52. The maximum atomic E-state index is 12.8. The normalized spacial score (nSPS) is 14.4. The third-order valence-corrected chi connectivity index (χ3v) is 8.71. The van der Waals surface area contributed by atoms with Crippen LogP contribution in [-0.4, -0.2) is 37.3 Å². The SMILES string of the molecule is Cc1cc(-c2nc3n(c2-c2ccc(C4(NC(=O)OC(C)(C)C)CCC4)cc2)-c2cccnc2Nc2ccccc2-3)ccc1C(=O)O. The highest BCUT2D eigenvalue weighted by Crippen LogP contribution is 2.46. The van der Waals surface area contributed by atoms with Gasteiger partial charge >= 0.3 is 12.1 Å². The predicted octanol–water partition coefficient (Wildman–Crippen LogP) is 8.24. The number of rotatable bonds is 5. The molecule has 9 heteroatoms. The minimum atomic E-state index is -0.967. The molecule has 1 saturated carbocycles. The summed E-state index contributed by atoms with van der Waals surface area (Å²) in [4.78, 5) is 34.6. The van der Waals surface area contributed by atoms with E-state index in [0.29, 0.717) is 11.4 Å². The first-order chi connectivity index (χ1) is 22.0. The largest absolute Gasteiger partial charge is 0.478 e. The van der Waals surface area contributed by atoms with Crippen LogP contribution in [0, 0.1) is 6.92 Å². The Morgan fingerprint density at radius 2 is 1.72 bits per heavy atom. The van der Waals surface area contributed by atoms with Crippen LogP contribution in [0.25, 0.3) is 39.6 Å². The molecule has 0 saturated heterocycles. The van der Waals surface area contributed by atoms with Crippen LogP contribution in [0.2, 0.25) is 0 Å². The monoisotopic (exact) mass is 613 g/mol. The number of aromatic carboxylic acids is 1. The molecule has 7 rings (SSSR count). The van der Waals surface area contributed by atoms with Crippen molar-refractivity contribution in [3.63, 3.8) is 0 Å². The fourth-order valence-electron chi connectivity index (χ4n) is 6.40. The number of nitrogens with zero attached hydrogens (tertiary/aromatic N) is 3. The van der Waals surface area contributed by atoms with E-state index in [9.17, 15) is 14.7 Å². The van der Waals surface area contributed by atoms with E-state index in [0.717, 1.165) is 70.1 Å². The zero-order chi connectivity index (χ0) is 32.2. The van der Waals surface area contributed by atoms with Crippen molar-refractivity contribution in [3.05, 3.63) is 102 Å². The van der Waals surface area contributed by atoms with Gasteiger partial charge in [0.05, 0.1) is 33.9 Å². The first-order valence-corrected chi connectivity index (χ1v) is 15.4. The smallest absolute Gasteiger partial charge is 0.408 e. The highest BCUT2D eigenvalue weighted by Gasteiger charge is 2.41. The standard InChI is InChI=1S/C37H35N5O4/c1-22-21-24(14-17-26(22)34(43)44)30-31(23-12-15-25(16-13-23)37(18-8-19-37)41-35(45)46-36(2,3)4)42-29-11-7-20-38-32(29)39-28-10-6-5-9-27(28)33(42)40-30/h5-7,9-17,20-21H,8,18-19H2,1-4H3,(H,38,39)(H,41,45)(H,43,44). The molecule has 0 radical (unpaired) electrons. The Morgan fingerprint density at radius 3 is 2.39 bits per heavy atom. The van der Waals surface area contributed by atoms with Crippen LogP contribution in [-0.2, 0) is 10.3 Å². The van der Waals surface area contributed by atoms with Crippen LogP contribution in [0.15, 0.2) is 85.1 Å². The van der Waals surface area contributed by atoms with Crippen LogP contribution in [0.1, 0.15) is 61.5 Å². The number of amides is 1. The van der Waals surface area contributed by atoms with Crippen molar-refractivity contribution in [3.8, 4) is 39.6 Å². The summed E-state index contributed by atoms with van der Waals surface area (Å²) in [5.41, 5.74) is 6.78. The number of ether oxygens (including phenoxy) is 1. The second kappa shape index (κ2) is 10.9. The molecular weight excluding hydrogens is 578 g/mol. The number of alkyl carbamates (subject to hydrolysis) is 1. The van der Waals surface area contributed by atoms with E-state index in [1.807, 2.05) is 69.3 Å². The van der Waals surface area contributed by atoms with Gasteiger partial charge in [0, 0.05) is 22.9 Å². The number of hydrogen-bond acceptors (Lipinski definition) is 6. The topological polar surface area (TPSA) is 118 Å². The second-order valence-electron chi connectivity index (χ2n) is 13.0. The minimum absolute atomic E-state index is 0.253. The molecule has 0 spiro atoms. The molecule has 1 aliphatic carbocycles. The van der Waals surface area contributed by atoms with Gasteiger partial charge in [-0.3, -0.25) is 4.57 Å². The quantitative estimate of drug-likeness (QED) is 0.179. The van der Waals surface area contributed by atoms with Crippen LogP contribution >= 0.6 is 0 Å². The first-order valence-electron chi connectivity index (χ1n) is 15.4. The number of aromatic nitrogens is 3. The molecule has 1 fully saturated rings. The Kier molecular flexibility index (Phi) is 6.92. The number of nitrogens with one attached hydrogen (secondary N) is 2. The van der Waals surface area contributed by atoms with E-state index in [4.69, 9.17) is 9.72 Å². The maximum Gasteiger partial charge on any atom is 0.408 e. The number of fused-ring (bicyclic) bond motifs is 5. The van der Waals surface area contributed by atoms with E-state index in [2.05, 4.69) is 44.5 Å². The number of carbonyl (C=O) groups excluding carboxylic acids is 1. The van der Waals surface area contributed by atoms with E-state index in [-0.39, 0.29) is 5.56 Å². The van der Waals surface area contributed by atoms with E-state index < -0.39 is 23.2 Å². The molecule has 0 unspecified atom stereocenters. The summed E-state index contributed by atoms with van der Waals surface area (Å²) in [6.07, 6.45) is 4.01. The summed E-state index contributed by atoms with van der Waals surface area (Å²) in [6, 6.07) is 25.5. The lowest BCUT2D eigenvalue weighted by molar-refractivity contribution is 0.0377. The Balaban J connectivity index is 1.41. The molecule has 0 atom stereocenters. The summed E-state index contributed by atoms with van der Waals surface area (Å²) in [5, 5.41) is 16.3. The highest BCUT2D eigenvalue weighted by molar-refractivity contribution is 5.93. The van der Waals surface area contributed by atoms with E-state index in [1.54, 1.807) is 19.2 Å². The molecule has 9 nitrogen and oxygen atoms in total. The molecule has 46 heavy (non-hydrogen) atoms. The predicted molar refractivity (Wildman–Crippen MR) is 178 cm³/mol. The number of carbonyl (C=O) groups is 2. The highest BCUT2D eigenvalue weighted by atomic mass is 16.6. The maximum absolute atomic E-state index is 12.8. The van der Waals surface area contributed by atoms with Crippen molar-refractivity contribution < 1.29 is 19.4 Å². The molecule has 232 valence electrons. The van der Waals surface area contributed by atoms with Gasteiger partial charge in [-0.25, -0.2) is 19.6 Å². The Hall–Kier alpha value is -5.44. The van der Waals surface area contributed by atoms with Gasteiger partial charge in [-0.2, -0.15) is 0 Å². The fourth-order valence-corrected chi connectivity index (χ4v) is 6.40. The van der Waals surface area contributed by atoms with Gasteiger partial charge in [-0.1, -0.05) is 42.5 Å². The number of aryl methyl sites for hydroxylation is 1. The van der Waals surface area contributed by atoms with Crippen molar-refractivity contribution in [1.29, 1.82) is 0 Å². The summed E-state index contributed by atoms with van der Waals surface area (Å²) < 4.78 is 7.73. The van der Waals surface area contributed by atoms with Crippen LogP contribution < -0.4 is 10.6 Å². The zero-order valence-electron chi connectivity index (χ0n) is 26.2. The van der Waals surface area contributed by atoms with Crippen LogP contribution in [0.3, 0.4) is 0 Å². The molecule has 1 aliphatic heterocycles. The molecule has 0 bridgehead atoms. The number of imidazole rings is 1. The number of pyridine rings is 1. The minimum Gasteiger partial charge on any atom is -0.478 e. The number of para-hydroxylation sites is 1. The Bertz CT molecular complexity index is 2000. The summed E-state index contributed by atoms with van der Waals surface area (Å²) >= 11 is 0. The van der Waals surface area contributed by atoms with Gasteiger partial charge in [0.25, 0.3) is 0 Å². The van der Waals surface area contributed by atoms with Crippen molar-refractivity contribution in [1.82, 2.24) is 19.9 Å². The van der Waals surface area contributed by atoms with Crippen molar-refractivity contribution in [2.75, 3.05) is 5.32 Å². The molecule has 2 aliphatic rings. The molecule has 3 heterocycles. The number of hydrogen-bond donors (Lipinski definition) is 3. The van der Waals surface area contributed by atoms with Gasteiger partial charge in [-0.15, -0.1) is 0 Å². The number of carboxylic acid groups (broad SMARTS) is 1. The lowest BCUT2D eigenvalue weighted by atomic mass is 9.71. The summed E-state index contributed by atoms with van der Waals surface area (Å²) in [5.74, 6) is 0.472.